The number of imidazole rings is 1. The first-order valence-corrected chi connectivity index (χ1v) is 5.05. The quantitative estimate of drug-likeness (QED) is 0.732. The first kappa shape index (κ1) is 9.71. The first-order chi connectivity index (χ1) is 7.31. The lowest BCUT2D eigenvalue weighted by Crippen LogP contribution is -2.38. The van der Waals surface area contributed by atoms with E-state index in [-0.39, 0.29) is 0 Å². The number of hydrogen-bond donors (Lipinski definition) is 1. The smallest absolute Gasteiger partial charge is 0.247 e. The molecule has 0 fully saturated rings. The molecule has 0 saturated heterocycles. The molecular weight excluding hydrogens is 184 g/mol. The molecule has 1 N–H and O–H groups in total. The second-order valence-corrected chi connectivity index (χ2v) is 3.57. The predicted octanol–water partition coefficient (Wildman–Crippen LogP) is 2.30. The summed E-state index contributed by atoms with van der Waals surface area (Å²) in [6.45, 7) is 6.76. The van der Waals surface area contributed by atoms with Gasteiger partial charge in [0.1, 0.15) is 12.7 Å². The molecule has 0 bridgehead atoms. The summed E-state index contributed by atoms with van der Waals surface area (Å²) in [4.78, 5) is 3.20. The molecule has 2 rings (SSSR count). The zero-order valence-corrected chi connectivity index (χ0v) is 8.90. The standard InChI is InChI=1S/C13H14N2/c1-3-13-9-14-11(2)15(13)10-12-7-5-4-6-8-12/h3-9H,1,10H2,2H3/p+1. The van der Waals surface area contributed by atoms with Crippen molar-refractivity contribution in [2.75, 3.05) is 0 Å². The minimum atomic E-state index is 0.886. The van der Waals surface area contributed by atoms with E-state index >= 15 is 0 Å². The predicted molar refractivity (Wildman–Crippen MR) is 61.4 cm³/mol. The molecule has 0 saturated carbocycles. The van der Waals surface area contributed by atoms with E-state index in [4.69, 9.17) is 0 Å². The van der Waals surface area contributed by atoms with Crippen molar-refractivity contribution in [1.82, 2.24) is 4.98 Å². The van der Waals surface area contributed by atoms with E-state index in [1.165, 1.54) is 5.56 Å². The number of benzene rings is 1. The van der Waals surface area contributed by atoms with E-state index in [2.05, 4.69) is 47.3 Å². The molecule has 1 aromatic heterocycles. The van der Waals surface area contributed by atoms with Gasteiger partial charge in [-0.05, 0) is 11.6 Å². The van der Waals surface area contributed by atoms with Crippen molar-refractivity contribution in [1.29, 1.82) is 0 Å². The van der Waals surface area contributed by atoms with Gasteiger partial charge in [-0.2, -0.15) is 0 Å². The Bertz CT molecular complexity index is 455. The summed E-state index contributed by atoms with van der Waals surface area (Å²) in [6, 6.07) is 10.4. The zero-order valence-electron chi connectivity index (χ0n) is 8.90. The second-order valence-electron chi connectivity index (χ2n) is 3.57. The van der Waals surface area contributed by atoms with Gasteiger partial charge in [0, 0.05) is 6.92 Å². The Labute approximate surface area is 89.9 Å². The molecule has 0 radical (unpaired) electrons. The monoisotopic (exact) mass is 199 g/mol. The number of rotatable bonds is 3. The molecule has 1 heterocycles. The second kappa shape index (κ2) is 4.13. The summed E-state index contributed by atoms with van der Waals surface area (Å²) in [5.41, 5.74) is 2.42. The molecule has 0 amide bonds. The summed E-state index contributed by atoms with van der Waals surface area (Å²) in [6.07, 6.45) is 3.84. The highest BCUT2D eigenvalue weighted by Gasteiger charge is 2.11. The van der Waals surface area contributed by atoms with E-state index in [9.17, 15) is 0 Å². The van der Waals surface area contributed by atoms with Crippen LogP contribution in [-0.4, -0.2) is 4.98 Å². The largest absolute Gasteiger partial charge is 0.251 e. The van der Waals surface area contributed by atoms with E-state index in [0.717, 1.165) is 18.1 Å². The molecule has 0 aliphatic heterocycles. The molecule has 0 unspecified atom stereocenters. The highest BCUT2D eigenvalue weighted by molar-refractivity contribution is 5.36. The summed E-state index contributed by atoms with van der Waals surface area (Å²) >= 11 is 0. The summed E-state index contributed by atoms with van der Waals surface area (Å²) < 4.78 is 2.21. The average molecular weight is 199 g/mol. The van der Waals surface area contributed by atoms with Crippen LogP contribution in [0.4, 0.5) is 0 Å². The number of aryl methyl sites for hydroxylation is 1. The van der Waals surface area contributed by atoms with Crippen molar-refractivity contribution < 1.29 is 4.57 Å². The average Bonchev–Trinajstić information content (AvgIpc) is 2.62. The van der Waals surface area contributed by atoms with Crippen LogP contribution >= 0.6 is 0 Å². The minimum absolute atomic E-state index is 0.886. The molecule has 0 aliphatic carbocycles. The van der Waals surface area contributed by atoms with Crippen LogP contribution in [0.5, 0.6) is 0 Å². The Balaban J connectivity index is 2.31. The number of nitrogens with one attached hydrogen (secondary N) is 1. The molecule has 76 valence electrons. The molecule has 2 aromatic rings. The summed E-state index contributed by atoms with van der Waals surface area (Å²) in [5.74, 6) is 1.15. The lowest BCUT2D eigenvalue weighted by atomic mass is 10.2. The molecule has 1 aromatic carbocycles. The fraction of sp³-hybridized carbons (Fsp3) is 0.154. The van der Waals surface area contributed by atoms with Gasteiger partial charge in [0.15, 0.2) is 5.69 Å². The number of nitrogens with zero attached hydrogens (tertiary/aromatic N) is 1. The maximum absolute atomic E-state index is 3.81. The Kier molecular flexibility index (Phi) is 2.68. The van der Waals surface area contributed by atoms with E-state index in [1.807, 2.05) is 18.3 Å². The van der Waals surface area contributed by atoms with Crippen LogP contribution < -0.4 is 4.57 Å². The molecule has 0 aliphatic rings. The van der Waals surface area contributed by atoms with E-state index < -0.39 is 0 Å². The van der Waals surface area contributed by atoms with Gasteiger partial charge in [0.25, 0.3) is 5.82 Å². The Hall–Kier alpha value is -1.83. The van der Waals surface area contributed by atoms with Crippen LogP contribution in [0.15, 0.2) is 43.1 Å². The third-order valence-electron chi connectivity index (χ3n) is 2.54. The third-order valence-corrected chi connectivity index (χ3v) is 2.54. The van der Waals surface area contributed by atoms with Crippen molar-refractivity contribution in [2.45, 2.75) is 13.5 Å². The molecule has 0 spiro atoms. The molecule has 15 heavy (non-hydrogen) atoms. The Morgan fingerprint density at radius 1 is 1.33 bits per heavy atom. The lowest BCUT2D eigenvalue weighted by Gasteiger charge is -2.00. The van der Waals surface area contributed by atoms with E-state index in [0.29, 0.717) is 0 Å². The van der Waals surface area contributed by atoms with Gasteiger partial charge in [-0.1, -0.05) is 36.9 Å². The van der Waals surface area contributed by atoms with Crippen LogP contribution in [0, 0.1) is 6.92 Å². The normalized spacial score (nSPS) is 10.2. The van der Waals surface area contributed by atoms with Gasteiger partial charge in [0.2, 0.25) is 0 Å². The van der Waals surface area contributed by atoms with Crippen molar-refractivity contribution in [3.8, 4) is 0 Å². The highest BCUT2D eigenvalue weighted by atomic mass is 15.1. The maximum atomic E-state index is 3.81. The van der Waals surface area contributed by atoms with Crippen molar-refractivity contribution in [2.24, 2.45) is 0 Å². The van der Waals surface area contributed by atoms with Gasteiger partial charge in [-0.25, -0.2) is 9.55 Å². The SMILES string of the molecule is C=Cc1c[nH]c(C)[n+]1Cc1ccccc1. The lowest BCUT2D eigenvalue weighted by molar-refractivity contribution is -0.694. The Morgan fingerprint density at radius 3 is 2.73 bits per heavy atom. The third kappa shape index (κ3) is 1.99. The summed E-state index contributed by atoms with van der Waals surface area (Å²) in [5, 5.41) is 0. The minimum Gasteiger partial charge on any atom is -0.247 e. The number of aromatic nitrogens is 2. The topological polar surface area (TPSA) is 19.7 Å². The molecule has 2 nitrogen and oxygen atoms in total. The van der Waals surface area contributed by atoms with Crippen LogP contribution in [0.3, 0.4) is 0 Å². The van der Waals surface area contributed by atoms with Crippen LogP contribution in [-0.2, 0) is 6.54 Å². The van der Waals surface area contributed by atoms with Gasteiger partial charge in [-0.15, -0.1) is 0 Å². The van der Waals surface area contributed by atoms with Gasteiger partial charge in [0.05, 0.1) is 0 Å². The van der Waals surface area contributed by atoms with Crippen molar-refractivity contribution in [3.05, 3.63) is 60.2 Å². The van der Waals surface area contributed by atoms with Crippen LogP contribution in [0.25, 0.3) is 6.08 Å². The maximum Gasteiger partial charge on any atom is 0.251 e. The van der Waals surface area contributed by atoms with Gasteiger partial charge < -0.3 is 0 Å². The summed E-state index contributed by atoms with van der Waals surface area (Å²) in [7, 11) is 0. The van der Waals surface area contributed by atoms with Gasteiger partial charge >= 0.3 is 0 Å². The number of aromatic amines is 1. The number of H-pyrrole nitrogens is 1. The zero-order chi connectivity index (χ0) is 10.7. The fourth-order valence-corrected chi connectivity index (χ4v) is 1.67. The van der Waals surface area contributed by atoms with Crippen LogP contribution in [0.2, 0.25) is 0 Å². The number of hydrogen-bond acceptors (Lipinski definition) is 0. The molecule has 2 heteroatoms. The highest BCUT2D eigenvalue weighted by Crippen LogP contribution is 2.01. The molecular formula is C13H15N2+. The fourth-order valence-electron chi connectivity index (χ4n) is 1.67. The first-order valence-electron chi connectivity index (χ1n) is 5.05. The van der Waals surface area contributed by atoms with Gasteiger partial charge in [-0.3, -0.25) is 0 Å². The molecule has 0 atom stereocenters. The van der Waals surface area contributed by atoms with Crippen molar-refractivity contribution >= 4 is 6.08 Å². The van der Waals surface area contributed by atoms with E-state index in [1.54, 1.807) is 0 Å². The Morgan fingerprint density at radius 2 is 2.07 bits per heavy atom. The van der Waals surface area contributed by atoms with Crippen LogP contribution in [0.1, 0.15) is 17.1 Å². The van der Waals surface area contributed by atoms with Crippen molar-refractivity contribution in [3.63, 3.8) is 0 Å².